The molecule has 1 aliphatic heterocycles. The van der Waals surface area contributed by atoms with Crippen LogP contribution in [0.4, 0.5) is 10.1 Å². The highest BCUT2D eigenvalue weighted by Gasteiger charge is 2.14. The van der Waals surface area contributed by atoms with Crippen molar-refractivity contribution in [3.63, 3.8) is 0 Å². The number of rotatable bonds is 3. The fraction of sp³-hybridized carbons (Fsp3) is 0.158. The molecule has 2 N–H and O–H groups in total. The second kappa shape index (κ2) is 6.38. The van der Waals surface area contributed by atoms with E-state index in [0.717, 1.165) is 23.0 Å². The number of carbonyl (C=O) groups excluding carboxylic acids is 1. The highest BCUT2D eigenvalue weighted by molar-refractivity contribution is 7.15. The minimum Gasteiger partial charge on any atom is -0.322 e. The molecule has 0 fully saturated rings. The number of hydrogen-bond donors (Lipinski definition) is 2. The Kier molecular flexibility index (Phi) is 4.07. The van der Waals surface area contributed by atoms with Gasteiger partial charge in [0.1, 0.15) is 5.82 Å². The molecule has 0 bridgehead atoms. The minimum atomic E-state index is -0.438. The normalized spacial score (nSPS) is 12.9. The van der Waals surface area contributed by atoms with Crippen LogP contribution in [0.3, 0.4) is 0 Å². The first-order chi connectivity index (χ1) is 12.1. The van der Waals surface area contributed by atoms with Gasteiger partial charge in [-0.25, -0.2) is 9.37 Å². The molecule has 0 radical (unpaired) electrons. The van der Waals surface area contributed by atoms with Crippen molar-refractivity contribution < 1.29 is 9.18 Å². The van der Waals surface area contributed by atoms with Crippen molar-refractivity contribution in [1.29, 1.82) is 0 Å². The Hall–Kier alpha value is -2.57. The summed E-state index contributed by atoms with van der Waals surface area (Å²) in [7, 11) is 0. The molecule has 1 aliphatic rings. The number of hydrogen-bond acceptors (Lipinski definition) is 4. The zero-order chi connectivity index (χ0) is 17.4. The molecule has 3 aromatic rings. The molecular formula is C19H16FN3OS. The SMILES string of the molecule is Cc1ncc(-c2cc(F)cc(C(=O)Nc3ccc4c(c3)CNC4)c2)s1. The summed E-state index contributed by atoms with van der Waals surface area (Å²) in [5.41, 5.74) is 4.09. The Morgan fingerprint density at radius 2 is 2.04 bits per heavy atom. The van der Waals surface area contributed by atoms with Crippen molar-refractivity contribution in [3.8, 4) is 10.4 Å². The number of thiazole rings is 1. The number of nitrogens with one attached hydrogen (secondary N) is 2. The van der Waals surface area contributed by atoms with E-state index in [0.29, 0.717) is 16.8 Å². The van der Waals surface area contributed by atoms with Crippen LogP contribution in [0.5, 0.6) is 0 Å². The van der Waals surface area contributed by atoms with Gasteiger partial charge >= 0.3 is 0 Å². The smallest absolute Gasteiger partial charge is 0.255 e. The van der Waals surface area contributed by atoms with Gasteiger partial charge in [0.05, 0.1) is 9.88 Å². The average Bonchev–Trinajstić information content (AvgIpc) is 3.22. The van der Waals surface area contributed by atoms with Crippen molar-refractivity contribution in [2.75, 3.05) is 5.32 Å². The summed E-state index contributed by atoms with van der Waals surface area (Å²) < 4.78 is 14.0. The molecule has 0 saturated carbocycles. The van der Waals surface area contributed by atoms with Gasteiger partial charge in [0, 0.05) is 30.5 Å². The molecule has 4 rings (SSSR count). The minimum absolute atomic E-state index is 0.291. The van der Waals surface area contributed by atoms with Gasteiger partial charge in [-0.05, 0) is 53.9 Å². The van der Waals surface area contributed by atoms with Crippen molar-refractivity contribution in [3.05, 3.63) is 70.1 Å². The molecule has 4 nitrogen and oxygen atoms in total. The van der Waals surface area contributed by atoms with E-state index < -0.39 is 5.82 Å². The van der Waals surface area contributed by atoms with Gasteiger partial charge in [0.2, 0.25) is 0 Å². The molecule has 0 atom stereocenters. The van der Waals surface area contributed by atoms with Crippen LogP contribution in [-0.2, 0) is 13.1 Å². The van der Waals surface area contributed by atoms with Crippen LogP contribution < -0.4 is 10.6 Å². The third-order valence-corrected chi connectivity index (χ3v) is 5.12. The standard InChI is InChI=1S/C19H16FN3OS/c1-11-22-10-18(25-11)13-4-14(6-16(20)5-13)19(24)23-17-3-2-12-8-21-9-15(12)7-17/h2-7,10,21H,8-9H2,1H3,(H,23,24). The Bertz CT molecular complexity index is 967. The summed E-state index contributed by atoms with van der Waals surface area (Å²) in [6, 6.07) is 10.2. The monoisotopic (exact) mass is 353 g/mol. The highest BCUT2D eigenvalue weighted by Crippen LogP contribution is 2.28. The van der Waals surface area contributed by atoms with Gasteiger partial charge in [-0.2, -0.15) is 0 Å². The van der Waals surface area contributed by atoms with Gasteiger partial charge < -0.3 is 10.6 Å². The largest absolute Gasteiger partial charge is 0.322 e. The first-order valence-electron chi connectivity index (χ1n) is 7.96. The lowest BCUT2D eigenvalue weighted by Gasteiger charge is -2.08. The molecule has 25 heavy (non-hydrogen) atoms. The van der Waals surface area contributed by atoms with Crippen molar-refractivity contribution >= 4 is 22.9 Å². The molecule has 6 heteroatoms. The maximum Gasteiger partial charge on any atom is 0.255 e. The van der Waals surface area contributed by atoms with Crippen LogP contribution >= 0.6 is 11.3 Å². The highest BCUT2D eigenvalue weighted by atomic mass is 32.1. The number of halogens is 1. The van der Waals surface area contributed by atoms with E-state index in [9.17, 15) is 9.18 Å². The maximum atomic E-state index is 14.0. The van der Waals surface area contributed by atoms with Crippen molar-refractivity contribution in [1.82, 2.24) is 10.3 Å². The lowest BCUT2D eigenvalue weighted by molar-refractivity contribution is 0.102. The van der Waals surface area contributed by atoms with E-state index >= 15 is 0 Å². The summed E-state index contributed by atoms with van der Waals surface area (Å²) in [6.45, 7) is 3.54. The lowest BCUT2D eigenvalue weighted by Crippen LogP contribution is -2.12. The molecule has 0 aliphatic carbocycles. The van der Waals surface area contributed by atoms with E-state index in [1.165, 1.54) is 34.6 Å². The molecular weight excluding hydrogens is 337 g/mol. The molecule has 126 valence electrons. The van der Waals surface area contributed by atoms with Crippen LogP contribution in [0.2, 0.25) is 0 Å². The van der Waals surface area contributed by atoms with E-state index in [4.69, 9.17) is 0 Å². The van der Waals surface area contributed by atoms with Crippen molar-refractivity contribution in [2.45, 2.75) is 20.0 Å². The third kappa shape index (κ3) is 3.31. The first-order valence-corrected chi connectivity index (χ1v) is 8.77. The Balaban J connectivity index is 1.60. The van der Waals surface area contributed by atoms with E-state index in [2.05, 4.69) is 15.6 Å². The number of fused-ring (bicyclic) bond motifs is 1. The number of aryl methyl sites for hydroxylation is 1. The Labute approximate surface area is 148 Å². The number of aromatic nitrogens is 1. The maximum absolute atomic E-state index is 14.0. The van der Waals surface area contributed by atoms with Gasteiger partial charge in [0.15, 0.2) is 0 Å². The molecule has 2 aromatic carbocycles. The van der Waals surface area contributed by atoms with Gasteiger partial charge in [-0.3, -0.25) is 4.79 Å². The predicted molar refractivity (Wildman–Crippen MR) is 97.2 cm³/mol. The number of carbonyl (C=O) groups is 1. The molecule has 0 spiro atoms. The summed E-state index contributed by atoms with van der Waals surface area (Å²) in [6.07, 6.45) is 1.70. The van der Waals surface area contributed by atoms with Crippen molar-refractivity contribution in [2.24, 2.45) is 0 Å². The van der Waals surface area contributed by atoms with Crippen LogP contribution in [0, 0.1) is 12.7 Å². The first kappa shape index (κ1) is 15.9. The van der Waals surface area contributed by atoms with Gasteiger partial charge in [-0.1, -0.05) is 6.07 Å². The van der Waals surface area contributed by atoms with Crippen LogP contribution in [-0.4, -0.2) is 10.9 Å². The topological polar surface area (TPSA) is 54.0 Å². The zero-order valence-corrected chi connectivity index (χ0v) is 14.4. The summed E-state index contributed by atoms with van der Waals surface area (Å²) >= 11 is 1.47. The number of anilines is 1. The Morgan fingerprint density at radius 3 is 2.84 bits per heavy atom. The number of amides is 1. The molecule has 0 unspecified atom stereocenters. The average molecular weight is 353 g/mol. The second-order valence-corrected chi connectivity index (χ2v) is 7.25. The fourth-order valence-corrected chi connectivity index (χ4v) is 3.70. The van der Waals surface area contributed by atoms with Gasteiger partial charge in [-0.15, -0.1) is 11.3 Å². The molecule has 0 saturated heterocycles. The van der Waals surface area contributed by atoms with E-state index in [1.807, 2.05) is 25.1 Å². The molecule has 1 aromatic heterocycles. The summed E-state index contributed by atoms with van der Waals surface area (Å²) in [5.74, 6) is -0.764. The number of nitrogens with zero attached hydrogens (tertiary/aromatic N) is 1. The van der Waals surface area contributed by atoms with E-state index in [1.54, 1.807) is 12.3 Å². The summed E-state index contributed by atoms with van der Waals surface area (Å²) in [5, 5.41) is 7.02. The fourth-order valence-electron chi connectivity index (χ4n) is 2.93. The molecule has 1 amide bonds. The number of benzene rings is 2. The van der Waals surface area contributed by atoms with Gasteiger partial charge in [0.25, 0.3) is 5.91 Å². The zero-order valence-electron chi connectivity index (χ0n) is 13.6. The third-order valence-electron chi connectivity index (χ3n) is 4.16. The van der Waals surface area contributed by atoms with Crippen LogP contribution in [0.15, 0.2) is 42.6 Å². The summed E-state index contributed by atoms with van der Waals surface area (Å²) in [4.78, 5) is 17.6. The van der Waals surface area contributed by atoms with Crippen LogP contribution in [0.1, 0.15) is 26.5 Å². The van der Waals surface area contributed by atoms with E-state index in [-0.39, 0.29) is 5.91 Å². The predicted octanol–water partition coefficient (Wildman–Crippen LogP) is 4.11. The Morgan fingerprint density at radius 1 is 1.20 bits per heavy atom. The molecule has 2 heterocycles. The lowest BCUT2D eigenvalue weighted by atomic mass is 10.1. The second-order valence-electron chi connectivity index (χ2n) is 6.01. The quantitative estimate of drug-likeness (QED) is 0.745. The van der Waals surface area contributed by atoms with Crippen LogP contribution in [0.25, 0.3) is 10.4 Å².